The second-order valence-corrected chi connectivity index (χ2v) is 4.68. The smallest absolute Gasteiger partial charge is 0.127 e. The zero-order valence-electron chi connectivity index (χ0n) is 11.5. The summed E-state index contributed by atoms with van der Waals surface area (Å²) in [6.45, 7) is 2.68. The second kappa shape index (κ2) is 6.48. The topological polar surface area (TPSA) is 21.3 Å². The molecular formula is C16H17F2NO. The summed E-state index contributed by atoms with van der Waals surface area (Å²) < 4.78 is 32.0. The van der Waals surface area contributed by atoms with Gasteiger partial charge in [0.2, 0.25) is 0 Å². The van der Waals surface area contributed by atoms with Gasteiger partial charge in [-0.05, 0) is 54.9 Å². The molecule has 4 heteroatoms. The van der Waals surface area contributed by atoms with Gasteiger partial charge in [-0.3, -0.25) is 0 Å². The van der Waals surface area contributed by atoms with E-state index in [9.17, 15) is 8.78 Å². The first-order valence-electron chi connectivity index (χ1n) is 6.40. The maximum atomic E-state index is 13.5. The lowest BCUT2D eigenvalue weighted by molar-refractivity contribution is 0.303. The second-order valence-electron chi connectivity index (χ2n) is 4.68. The van der Waals surface area contributed by atoms with Gasteiger partial charge in [-0.2, -0.15) is 0 Å². The fourth-order valence-corrected chi connectivity index (χ4v) is 1.99. The Morgan fingerprint density at radius 3 is 2.55 bits per heavy atom. The van der Waals surface area contributed by atoms with E-state index in [-0.39, 0.29) is 18.2 Å². The van der Waals surface area contributed by atoms with E-state index in [4.69, 9.17) is 4.74 Å². The minimum atomic E-state index is -0.330. The first-order valence-corrected chi connectivity index (χ1v) is 6.40. The van der Waals surface area contributed by atoms with Gasteiger partial charge in [0.05, 0.1) is 0 Å². The number of hydrogen-bond donors (Lipinski definition) is 1. The van der Waals surface area contributed by atoms with Crippen molar-refractivity contribution >= 4 is 0 Å². The lowest BCUT2D eigenvalue weighted by Gasteiger charge is -2.10. The highest BCUT2D eigenvalue weighted by atomic mass is 19.1. The Balaban J connectivity index is 2.10. The molecule has 0 fully saturated rings. The van der Waals surface area contributed by atoms with Gasteiger partial charge >= 0.3 is 0 Å². The van der Waals surface area contributed by atoms with Crippen molar-refractivity contribution in [2.24, 2.45) is 0 Å². The van der Waals surface area contributed by atoms with Crippen LogP contribution in [0.1, 0.15) is 16.7 Å². The van der Waals surface area contributed by atoms with Gasteiger partial charge in [0, 0.05) is 12.6 Å². The highest BCUT2D eigenvalue weighted by Gasteiger charge is 2.04. The molecule has 0 atom stereocenters. The van der Waals surface area contributed by atoms with Gasteiger partial charge in [-0.1, -0.05) is 6.07 Å². The van der Waals surface area contributed by atoms with Crippen molar-refractivity contribution in [1.82, 2.24) is 5.32 Å². The molecule has 0 aliphatic rings. The molecule has 0 aliphatic carbocycles. The first-order chi connectivity index (χ1) is 9.58. The molecule has 0 radical (unpaired) electrons. The molecule has 20 heavy (non-hydrogen) atoms. The standard InChI is InChI=1S/C16H17F2NO/c1-11-5-14(17)4-3-13(11)10-20-16-7-12(9-19-2)6-15(18)8-16/h3-8,19H,9-10H2,1-2H3. The van der Waals surface area contributed by atoms with Crippen LogP contribution in [0.4, 0.5) is 8.78 Å². The van der Waals surface area contributed by atoms with Crippen molar-refractivity contribution in [3.63, 3.8) is 0 Å². The van der Waals surface area contributed by atoms with E-state index >= 15 is 0 Å². The predicted molar refractivity (Wildman–Crippen MR) is 74.6 cm³/mol. The van der Waals surface area contributed by atoms with E-state index in [1.54, 1.807) is 19.2 Å². The zero-order valence-corrected chi connectivity index (χ0v) is 11.5. The van der Waals surface area contributed by atoms with Crippen LogP contribution in [-0.4, -0.2) is 7.05 Å². The predicted octanol–water partition coefficient (Wildman–Crippen LogP) is 3.57. The lowest BCUT2D eigenvalue weighted by atomic mass is 10.1. The molecule has 0 amide bonds. The lowest BCUT2D eigenvalue weighted by Crippen LogP contribution is -2.06. The Bertz CT molecular complexity index is 599. The molecule has 0 heterocycles. The number of aryl methyl sites for hydroxylation is 1. The third-order valence-corrected chi connectivity index (χ3v) is 3.01. The third-order valence-electron chi connectivity index (χ3n) is 3.01. The van der Waals surface area contributed by atoms with Crippen molar-refractivity contribution in [2.45, 2.75) is 20.1 Å². The van der Waals surface area contributed by atoms with Crippen molar-refractivity contribution in [3.8, 4) is 5.75 Å². The summed E-state index contributed by atoms with van der Waals surface area (Å²) in [7, 11) is 1.80. The summed E-state index contributed by atoms with van der Waals surface area (Å²) in [5.41, 5.74) is 2.51. The van der Waals surface area contributed by atoms with Gasteiger partial charge < -0.3 is 10.1 Å². The van der Waals surface area contributed by atoms with Crippen LogP contribution < -0.4 is 10.1 Å². The molecule has 2 aromatic rings. The van der Waals surface area contributed by atoms with Gasteiger partial charge in [0.15, 0.2) is 0 Å². The van der Waals surface area contributed by atoms with Crippen LogP contribution in [0.3, 0.4) is 0 Å². The van der Waals surface area contributed by atoms with E-state index in [1.165, 1.54) is 24.3 Å². The fourth-order valence-electron chi connectivity index (χ4n) is 1.99. The molecule has 2 aromatic carbocycles. The number of nitrogens with one attached hydrogen (secondary N) is 1. The molecular weight excluding hydrogens is 260 g/mol. The van der Waals surface area contributed by atoms with E-state index in [2.05, 4.69) is 5.32 Å². The zero-order chi connectivity index (χ0) is 14.5. The maximum Gasteiger partial charge on any atom is 0.127 e. The number of ether oxygens (including phenoxy) is 1. The number of halogens is 2. The molecule has 2 nitrogen and oxygen atoms in total. The highest BCUT2D eigenvalue weighted by Crippen LogP contribution is 2.19. The van der Waals surface area contributed by atoms with Crippen LogP contribution in [0.15, 0.2) is 36.4 Å². The molecule has 106 valence electrons. The van der Waals surface area contributed by atoms with Crippen LogP contribution in [0, 0.1) is 18.6 Å². The summed E-state index contributed by atoms with van der Waals surface area (Å²) in [5.74, 6) is -0.129. The van der Waals surface area contributed by atoms with Crippen LogP contribution in [0.2, 0.25) is 0 Å². The van der Waals surface area contributed by atoms with Crippen molar-refractivity contribution in [3.05, 3.63) is 64.7 Å². The van der Waals surface area contributed by atoms with Crippen molar-refractivity contribution in [2.75, 3.05) is 7.05 Å². The molecule has 0 unspecified atom stereocenters. The molecule has 0 aromatic heterocycles. The Kier molecular flexibility index (Phi) is 4.69. The van der Waals surface area contributed by atoms with Crippen LogP contribution in [-0.2, 0) is 13.2 Å². The van der Waals surface area contributed by atoms with E-state index in [0.29, 0.717) is 12.3 Å². The number of rotatable bonds is 5. The monoisotopic (exact) mass is 277 g/mol. The normalized spacial score (nSPS) is 10.6. The van der Waals surface area contributed by atoms with E-state index < -0.39 is 0 Å². The number of hydrogen-bond acceptors (Lipinski definition) is 2. The Morgan fingerprint density at radius 1 is 1.05 bits per heavy atom. The average Bonchev–Trinajstić information content (AvgIpc) is 2.37. The summed E-state index contributed by atoms with van der Waals surface area (Å²) in [6.07, 6.45) is 0. The van der Waals surface area contributed by atoms with Crippen LogP contribution in [0.25, 0.3) is 0 Å². The number of benzene rings is 2. The van der Waals surface area contributed by atoms with Gasteiger partial charge in [0.25, 0.3) is 0 Å². The minimum absolute atomic E-state index is 0.270. The Labute approximate surface area is 117 Å². The summed E-state index contributed by atoms with van der Waals surface area (Å²) in [4.78, 5) is 0. The van der Waals surface area contributed by atoms with Crippen molar-refractivity contribution in [1.29, 1.82) is 0 Å². The minimum Gasteiger partial charge on any atom is -0.489 e. The maximum absolute atomic E-state index is 13.5. The van der Waals surface area contributed by atoms with Gasteiger partial charge in [-0.25, -0.2) is 8.78 Å². The molecule has 0 bridgehead atoms. The molecule has 0 saturated heterocycles. The van der Waals surface area contributed by atoms with Crippen LogP contribution in [0.5, 0.6) is 5.75 Å². The molecule has 0 saturated carbocycles. The Hall–Kier alpha value is -1.94. The summed E-state index contributed by atoms with van der Waals surface area (Å²) >= 11 is 0. The largest absolute Gasteiger partial charge is 0.489 e. The fraction of sp³-hybridized carbons (Fsp3) is 0.250. The quantitative estimate of drug-likeness (QED) is 0.902. The van der Waals surface area contributed by atoms with Crippen LogP contribution >= 0.6 is 0 Å². The third kappa shape index (κ3) is 3.78. The van der Waals surface area contributed by atoms with E-state index in [0.717, 1.165) is 16.7 Å². The SMILES string of the molecule is CNCc1cc(F)cc(OCc2ccc(F)cc2C)c1. The van der Waals surface area contributed by atoms with Gasteiger partial charge in [0.1, 0.15) is 24.0 Å². The molecule has 2 rings (SSSR count). The highest BCUT2D eigenvalue weighted by molar-refractivity contribution is 5.31. The first kappa shape index (κ1) is 14.5. The summed E-state index contributed by atoms with van der Waals surface area (Å²) in [5, 5.41) is 2.96. The van der Waals surface area contributed by atoms with Gasteiger partial charge in [-0.15, -0.1) is 0 Å². The summed E-state index contributed by atoms with van der Waals surface area (Å²) in [6, 6.07) is 9.13. The average molecular weight is 277 g/mol. The van der Waals surface area contributed by atoms with E-state index in [1.807, 2.05) is 6.92 Å². The van der Waals surface area contributed by atoms with Crippen molar-refractivity contribution < 1.29 is 13.5 Å². The molecule has 1 N–H and O–H groups in total. The Morgan fingerprint density at radius 2 is 1.85 bits per heavy atom. The molecule has 0 aliphatic heterocycles. The molecule has 0 spiro atoms.